The maximum atomic E-state index is 11.9. The van der Waals surface area contributed by atoms with Crippen LogP contribution in [-0.2, 0) is 14.3 Å². The Bertz CT molecular complexity index is 327. The van der Waals surface area contributed by atoms with Gasteiger partial charge in [0.1, 0.15) is 6.04 Å². The molecule has 0 aromatic rings. The molecule has 0 radical (unpaired) electrons. The van der Waals surface area contributed by atoms with E-state index in [1.165, 1.54) is 0 Å². The van der Waals surface area contributed by atoms with Crippen LogP contribution in [0.3, 0.4) is 0 Å². The lowest BCUT2D eigenvalue weighted by Gasteiger charge is -2.29. The van der Waals surface area contributed by atoms with Gasteiger partial charge in [0.25, 0.3) is 0 Å². The van der Waals surface area contributed by atoms with E-state index in [2.05, 4.69) is 16.0 Å². The minimum atomic E-state index is -0.363. The van der Waals surface area contributed by atoms with E-state index >= 15 is 0 Å². The Balaban J connectivity index is 1.82. The van der Waals surface area contributed by atoms with Crippen molar-refractivity contribution in [2.75, 3.05) is 26.8 Å². The van der Waals surface area contributed by atoms with Crippen molar-refractivity contribution in [2.45, 2.75) is 37.3 Å². The molecule has 0 aromatic heterocycles. The Morgan fingerprint density at radius 1 is 1.61 bits per heavy atom. The molecule has 6 heteroatoms. The Morgan fingerprint density at radius 2 is 2.44 bits per heavy atom. The van der Waals surface area contributed by atoms with Crippen LogP contribution in [0.2, 0.25) is 0 Å². The number of methoxy groups -OCH3 is 1. The van der Waals surface area contributed by atoms with Crippen molar-refractivity contribution in [3.05, 3.63) is 0 Å². The first-order valence-corrected chi connectivity index (χ1v) is 6.46. The third-order valence-corrected chi connectivity index (χ3v) is 3.67. The summed E-state index contributed by atoms with van der Waals surface area (Å²) in [4.78, 5) is 23.0. The third kappa shape index (κ3) is 3.00. The van der Waals surface area contributed by atoms with Crippen LogP contribution in [0.25, 0.3) is 0 Å². The first-order valence-electron chi connectivity index (χ1n) is 6.46. The van der Waals surface area contributed by atoms with Crippen LogP contribution in [0.15, 0.2) is 0 Å². The van der Waals surface area contributed by atoms with Crippen LogP contribution in [0.4, 0.5) is 0 Å². The number of hydrogen-bond acceptors (Lipinski definition) is 4. The summed E-state index contributed by atoms with van der Waals surface area (Å²) in [6.45, 7) is 2.09. The summed E-state index contributed by atoms with van der Waals surface area (Å²) in [5.41, 5.74) is -0.146. The Morgan fingerprint density at radius 3 is 3.00 bits per heavy atom. The summed E-state index contributed by atoms with van der Waals surface area (Å²) in [5.74, 6) is -0.134. The van der Waals surface area contributed by atoms with Crippen LogP contribution in [0.5, 0.6) is 0 Å². The van der Waals surface area contributed by atoms with Gasteiger partial charge < -0.3 is 20.7 Å². The van der Waals surface area contributed by atoms with Gasteiger partial charge in [0.15, 0.2) is 0 Å². The third-order valence-electron chi connectivity index (χ3n) is 3.67. The van der Waals surface area contributed by atoms with Gasteiger partial charge in [0.05, 0.1) is 12.1 Å². The second-order valence-corrected chi connectivity index (χ2v) is 5.12. The fourth-order valence-corrected chi connectivity index (χ4v) is 2.66. The van der Waals surface area contributed by atoms with Crippen molar-refractivity contribution in [2.24, 2.45) is 0 Å². The minimum Gasteiger partial charge on any atom is -0.383 e. The fourth-order valence-electron chi connectivity index (χ4n) is 2.66. The molecule has 2 rings (SSSR count). The molecule has 0 spiro atoms. The molecule has 2 amide bonds. The molecule has 0 aromatic carbocycles. The molecule has 3 N–H and O–H groups in total. The van der Waals surface area contributed by atoms with Gasteiger partial charge in [-0.3, -0.25) is 9.59 Å². The van der Waals surface area contributed by atoms with E-state index in [-0.39, 0.29) is 23.4 Å². The zero-order chi connectivity index (χ0) is 13.0. The summed E-state index contributed by atoms with van der Waals surface area (Å²) in [5, 5.41) is 8.99. The maximum Gasteiger partial charge on any atom is 0.242 e. The first kappa shape index (κ1) is 13.3. The van der Waals surface area contributed by atoms with Crippen LogP contribution in [0.1, 0.15) is 25.7 Å². The molecule has 18 heavy (non-hydrogen) atoms. The van der Waals surface area contributed by atoms with Crippen LogP contribution >= 0.6 is 0 Å². The average molecular weight is 255 g/mol. The van der Waals surface area contributed by atoms with Crippen LogP contribution in [0, 0.1) is 0 Å². The molecule has 0 saturated carbocycles. The monoisotopic (exact) mass is 255 g/mol. The Hall–Kier alpha value is -1.14. The number of amides is 2. The van der Waals surface area contributed by atoms with E-state index in [0.717, 1.165) is 19.4 Å². The van der Waals surface area contributed by atoms with E-state index in [1.54, 1.807) is 7.11 Å². The second-order valence-electron chi connectivity index (χ2n) is 5.12. The quantitative estimate of drug-likeness (QED) is 0.598. The minimum absolute atomic E-state index is 0.0410. The molecule has 2 aliphatic heterocycles. The highest BCUT2D eigenvalue weighted by Crippen LogP contribution is 2.19. The predicted molar refractivity (Wildman–Crippen MR) is 66.0 cm³/mol. The molecule has 6 nitrogen and oxygen atoms in total. The highest BCUT2D eigenvalue weighted by molar-refractivity contribution is 5.90. The second kappa shape index (κ2) is 5.67. The summed E-state index contributed by atoms with van der Waals surface area (Å²) in [6.07, 6.45) is 3.13. The molecule has 2 aliphatic rings. The summed E-state index contributed by atoms with van der Waals surface area (Å²) in [6, 6.07) is -0.363. The lowest BCUT2D eigenvalue weighted by molar-refractivity contribution is -0.126. The van der Waals surface area contributed by atoms with E-state index < -0.39 is 0 Å². The van der Waals surface area contributed by atoms with Crippen molar-refractivity contribution < 1.29 is 14.3 Å². The van der Waals surface area contributed by atoms with E-state index in [0.29, 0.717) is 26.0 Å². The van der Waals surface area contributed by atoms with Gasteiger partial charge in [-0.2, -0.15) is 0 Å². The molecule has 2 atom stereocenters. The predicted octanol–water partition coefficient (Wildman–Crippen LogP) is -0.850. The lowest BCUT2D eigenvalue weighted by atomic mass is 9.98. The molecular formula is C12H21N3O3. The normalized spacial score (nSPS) is 31.4. The topological polar surface area (TPSA) is 79.5 Å². The highest BCUT2D eigenvalue weighted by Gasteiger charge is 2.35. The SMILES string of the molecule is COCC1(CNC(=O)[C@H]2CCC(=O)N2)CCCN1. The molecule has 1 unspecified atom stereocenters. The van der Waals surface area contributed by atoms with E-state index in [4.69, 9.17) is 4.74 Å². The van der Waals surface area contributed by atoms with Crippen LogP contribution in [-0.4, -0.2) is 50.2 Å². The van der Waals surface area contributed by atoms with Crippen LogP contribution < -0.4 is 16.0 Å². The molecule has 0 bridgehead atoms. The van der Waals surface area contributed by atoms with Gasteiger partial charge in [-0.15, -0.1) is 0 Å². The van der Waals surface area contributed by atoms with Gasteiger partial charge in [-0.1, -0.05) is 0 Å². The van der Waals surface area contributed by atoms with Gasteiger partial charge in [-0.25, -0.2) is 0 Å². The standard InChI is InChI=1S/C12H21N3O3/c1-18-8-12(5-2-6-14-12)7-13-11(17)9-3-4-10(16)15-9/h9,14H,2-8H2,1H3,(H,13,17)(H,15,16)/t9-,12?/m1/s1. The molecular weight excluding hydrogens is 234 g/mol. The van der Waals surface area contributed by atoms with Gasteiger partial charge in [0, 0.05) is 20.1 Å². The first-order chi connectivity index (χ1) is 8.65. The molecule has 0 aliphatic carbocycles. The van der Waals surface area contributed by atoms with Crippen molar-refractivity contribution in [1.29, 1.82) is 0 Å². The lowest BCUT2D eigenvalue weighted by Crippen LogP contribution is -2.55. The largest absolute Gasteiger partial charge is 0.383 e. The number of ether oxygens (including phenoxy) is 1. The van der Waals surface area contributed by atoms with E-state index in [9.17, 15) is 9.59 Å². The number of nitrogens with one attached hydrogen (secondary N) is 3. The fraction of sp³-hybridized carbons (Fsp3) is 0.833. The Labute approximate surface area is 107 Å². The zero-order valence-electron chi connectivity index (χ0n) is 10.8. The number of carbonyl (C=O) groups is 2. The van der Waals surface area contributed by atoms with Gasteiger partial charge in [-0.05, 0) is 25.8 Å². The highest BCUT2D eigenvalue weighted by atomic mass is 16.5. The Kier molecular flexibility index (Phi) is 4.19. The smallest absolute Gasteiger partial charge is 0.242 e. The summed E-state index contributed by atoms with van der Waals surface area (Å²) < 4.78 is 5.22. The van der Waals surface area contributed by atoms with Gasteiger partial charge in [0.2, 0.25) is 11.8 Å². The van der Waals surface area contributed by atoms with Crippen molar-refractivity contribution in [3.8, 4) is 0 Å². The molecule has 102 valence electrons. The molecule has 2 heterocycles. The molecule has 2 saturated heterocycles. The summed E-state index contributed by atoms with van der Waals surface area (Å²) in [7, 11) is 1.67. The number of hydrogen-bond donors (Lipinski definition) is 3. The van der Waals surface area contributed by atoms with Crippen molar-refractivity contribution in [1.82, 2.24) is 16.0 Å². The van der Waals surface area contributed by atoms with E-state index in [1.807, 2.05) is 0 Å². The molecule has 2 fully saturated rings. The maximum absolute atomic E-state index is 11.9. The van der Waals surface area contributed by atoms with Crippen molar-refractivity contribution in [3.63, 3.8) is 0 Å². The zero-order valence-corrected chi connectivity index (χ0v) is 10.8. The average Bonchev–Trinajstić information content (AvgIpc) is 2.97. The summed E-state index contributed by atoms with van der Waals surface area (Å²) >= 11 is 0. The number of rotatable bonds is 5. The van der Waals surface area contributed by atoms with Crippen molar-refractivity contribution >= 4 is 11.8 Å². The van der Waals surface area contributed by atoms with Gasteiger partial charge >= 0.3 is 0 Å². The number of carbonyl (C=O) groups excluding carboxylic acids is 2.